The van der Waals surface area contributed by atoms with Crippen LogP contribution in [0.15, 0.2) is 18.2 Å². The van der Waals surface area contributed by atoms with Crippen molar-refractivity contribution in [3.63, 3.8) is 0 Å². The van der Waals surface area contributed by atoms with Gasteiger partial charge in [-0.15, -0.1) is 0 Å². The van der Waals surface area contributed by atoms with Crippen LogP contribution in [0.4, 0.5) is 0 Å². The van der Waals surface area contributed by atoms with Crippen molar-refractivity contribution in [2.24, 2.45) is 5.92 Å². The Morgan fingerprint density at radius 2 is 1.95 bits per heavy atom. The first kappa shape index (κ1) is 15.7. The van der Waals surface area contributed by atoms with Crippen LogP contribution in [-0.4, -0.2) is 23.8 Å². The highest BCUT2D eigenvalue weighted by Crippen LogP contribution is 2.28. The van der Waals surface area contributed by atoms with Crippen LogP contribution in [0.25, 0.3) is 0 Å². The number of benzene rings is 1. The van der Waals surface area contributed by atoms with Gasteiger partial charge in [0.1, 0.15) is 11.5 Å². The Morgan fingerprint density at radius 3 is 2.62 bits per heavy atom. The number of aromatic hydroxyl groups is 1. The van der Waals surface area contributed by atoms with Gasteiger partial charge in [0.05, 0.1) is 18.6 Å². The molecule has 2 rings (SSSR count). The highest BCUT2D eigenvalue weighted by atomic mass is 16.5. The molecule has 1 fully saturated rings. The van der Waals surface area contributed by atoms with Crippen molar-refractivity contribution in [1.29, 1.82) is 0 Å². The first-order valence-electron chi connectivity index (χ1n) is 7.49. The summed E-state index contributed by atoms with van der Waals surface area (Å²) in [5.41, 5.74) is 0.780. The molecule has 0 aromatic heterocycles. The molecule has 21 heavy (non-hydrogen) atoms. The van der Waals surface area contributed by atoms with Crippen LogP contribution in [0, 0.1) is 5.92 Å². The van der Waals surface area contributed by atoms with E-state index < -0.39 is 0 Å². The molecule has 4 nitrogen and oxygen atoms in total. The summed E-state index contributed by atoms with van der Waals surface area (Å²) in [4.78, 5) is 24.4. The molecular weight excluding hydrogens is 268 g/mol. The van der Waals surface area contributed by atoms with Gasteiger partial charge in [-0.05, 0) is 18.9 Å². The predicted molar refractivity (Wildman–Crippen MR) is 79.3 cm³/mol. The van der Waals surface area contributed by atoms with Gasteiger partial charge in [-0.3, -0.25) is 9.59 Å². The zero-order chi connectivity index (χ0) is 15.2. The molecule has 0 saturated heterocycles. The molecule has 0 radical (unpaired) electrons. The Hall–Kier alpha value is -1.68. The number of phenolic OH excluding ortho intramolecular Hbond substituents is 1. The summed E-state index contributed by atoms with van der Waals surface area (Å²) in [5, 5.41) is 10.1. The molecule has 0 spiro atoms. The van der Waals surface area contributed by atoms with Crippen LogP contribution < -0.4 is 0 Å². The fourth-order valence-corrected chi connectivity index (χ4v) is 2.91. The van der Waals surface area contributed by atoms with Gasteiger partial charge in [-0.1, -0.05) is 31.4 Å². The summed E-state index contributed by atoms with van der Waals surface area (Å²) >= 11 is 0. The molecule has 1 aromatic rings. The van der Waals surface area contributed by atoms with Crippen molar-refractivity contribution in [3.8, 4) is 5.75 Å². The Morgan fingerprint density at radius 1 is 1.24 bits per heavy atom. The molecule has 0 heterocycles. The van der Waals surface area contributed by atoms with Crippen molar-refractivity contribution >= 4 is 11.6 Å². The number of Topliss-reactive ketones (excluding diaryl/α,β-unsaturated/α-hetero) is 2. The van der Waals surface area contributed by atoms with E-state index in [1.165, 1.54) is 13.5 Å². The highest BCUT2D eigenvalue weighted by molar-refractivity contribution is 6.10. The van der Waals surface area contributed by atoms with E-state index >= 15 is 0 Å². The lowest BCUT2D eigenvalue weighted by molar-refractivity contribution is -0.122. The average Bonchev–Trinajstić information content (AvgIpc) is 2.50. The molecule has 4 heteroatoms. The number of rotatable bonds is 6. The van der Waals surface area contributed by atoms with Gasteiger partial charge in [0.25, 0.3) is 0 Å². The number of phenols is 1. The van der Waals surface area contributed by atoms with E-state index in [2.05, 4.69) is 0 Å². The third kappa shape index (κ3) is 3.91. The molecule has 0 aliphatic heterocycles. The van der Waals surface area contributed by atoms with Crippen molar-refractivity contribution in [1.82, 2.24) is 0 Å². The largest absolute Gasteiger partial charge is 0.507 e. The predicted octanol–water partition coefficient (Wildman–Crippen LogP) is 3.26. The second-order valence-electron chi connectivity index (χ2n) is 5.65. The van der Waals surface area contributed by atoms with Gasteiger partial charge in [-0.2, -0.15) is 0 Å². The second kappa shape index (κ2) is 7.36. The second-order valence-corrected chi connectivity index (χ2v) is 5.65. The molecule has 1 saturated carbocycles. The van der Waals surface area contributed by atoms with E-state index in [-0.39, 0.29) is 41.8 Å². The lowest BCUT2D eigenvalue weighted by Crippen LogP contribution is -2.20. The molecule has 0 amide bonds. The van der Waals surface area contributed by atoms with Gasteiger partial charge in [0, 0.05) is 18.6 Å². The van der Waals surface area contributed by atoms with Gasteiger partial charge < -0.3 is 9.84 Å². The molecule has 0 unspecified atom stereocenters. The number of carbonyl (C=O) groups excluding carboxylic acids is 2. The zero-order valence-electron chi connectivity index (χ0n) is 12.4. The summed E-state index contributed by atoms with van der Waals surface area (Å²) in [6, 6.07) is 4.97. The van der Waals surface area contributed by atoms with E-state index in [9.17, 15) is 14.7 Å². The van der Waals surface area contributed by atoms with E-state index in [4.69, 9.17) is 4.74 Å². The summed E-state index contributed by atoms with van der Waals surface area (Å²) in [7, 11) is 1.53. The SMILES string of the molecule is COCc1cccc(C(=O)CC(=O)C2CCCCC2)c1O. The molecule has 1 aliphatic rings. The molecule has 0 atom stereocenters. The number of ether oxygens (including phenoxy) is 1. The smallest absolute Gasteiger partial charge is 0.173 e. The van der Waals surface area contributed by atoms with E-state index in [1.807, 2.05) is 0 Å². The van der Waals surface area contributed by atoms with Gasteiger partial charge in [-0.25, -0.2) is 0 Å². The maximum Gasteiger partial charge on any atom is 0.173 e. The lowest BCUT2D eigenvalue weighted by Gasteiger charge is -2.20. The first-order chi connectivity index (χ1) is 10.1. The fourth-order valence-electron chi connectivity index (χ4n) is 2.91. The normalized spacial score (nSPS) is 15.9. The van der Waals surface area contributed by atoms with Crippen molar-refractivity contribution in [2.75, 3.05) is 7.11 Å². The Bertz CT molecular complexity index is 516. The number of carbonyl (C=O) groups is 2. The standard InChI is InChI=1S/C17H22O4/c1-21-11-13-8-5-9-14(17(13)20)16(19)10-15(18)12-6-3-2-4-7-12/h5,8-9,12,20H,2-4,6-7,10-11H2,1H3. The van der Waals surface area contributed by atoms with Gasteiger partial charge in [0.2, 0.25) is 0 Å². The Balaban J connectivity index is 2.06. The summed E-state index contributed by atoms with van der Waals surface area (Å²) in [6.07, 6.45) is 4.98. The van der Waals surface area contributed by atoms with Crippen molar-refractivity contribution < 1.29 is 19.4 Å². The minimum Gasteiger partial charge on any atom is -0.507 e. The topological polar surface area (TPSA) is 63.6 Å². The third-order valence-electron chi connectivity index (χ3n) is 4.12. The van der Waals surface area contributed by atoms with E-state index in [0.29, 0.717) is 5.56 Å². The summed E-state index contributed by atoms with van der Waals surface area (Å²) in [6.45, 7) is 0.240. The van der Waals surface area contributed by atoms with Crippen molar-refractivity contribution in [3.05, 3.63) is 29.3 Å². The minimum absolute atomic E-state index is 0.0104. The summed E-state index contributed by atoms with van der Waals surface area (Å²) in [5.74, 6) is -0.343. The van der Waals surface area contributed by atoms with Crippen LogP contribution >= 0.6 is 0 Å². The lowest BCUT2D eigenvalue weighted by atomic mass is 9.84. The number of para-hydroxylation sites is 1. The number of hydrogen-bond donors (Lipinski definition) is 1. The van der Waals surface area contributed by atoms with E-state index in [1.54, 1.807) is 18.2 Å². The number of ketones is 2. The van der Waals surface area contributed by atoms with Crippen LogP contribution in [0.2, 0.25) is 0 Å². The summed E-state index contributed by atoms with van der Waals surface area (Å²) < 4.78 is 4.98. The maximum absolute atomic E-state index is 12.3. The monoisotopic (exact) mass is 290 g/mol. The van der Waals surface area contributed by atoms with Crippen LogP contribution in [-0.2, 0) is 16.1 Å². The molecule has 1 aliphatic carbocycles. The molecule has 1 aromatic carbocycles. The van der Waals surface area contributed by atoms with Crippen LogP contribution in [0.1, 0.15) is 54.4 Å². The molecule has 1 N–H and O–H groups in total. The highest BCUT2D eigenvalue weighted by Gasteiger charge is 2.24. The molecular formula is C17H22O4. The zero-order valence-corrected chi connectivity index (χ0v) is 12.4. The number of methoxy groups -OCH3 is 1. The first-order valence-corrected chi connectivity index (χ1v) is 7.49. The maximum atomic E-state index is 12.3. The van der Waals surface area contributed by atoms with Gasteiger partial charge in [0.15, 0.2) is 5.78 Å². The number of hydrogen-bond acceptors (Lipinski definition) is 4. The Kier molecular flexibility index (Phi) is 5.51. The van der Waals surface area contributed by atoms with Gasteiger partial charge >= 0.3 is 0 Å². The molecule has 0 bridgehead atoms. The van der Waals surface area contributed by atoms with Crippen LogP contribution in [0.3, 0.4) is 0 Å². The fraction of sp³-hybridized carbons (Fsp3) is 0.529. The Labute approximate surface area is 125 Å². The van der Waals surface area contributed by atoms with Crippen LogP contribution in [0.5, 0.6) is 5.75 Å². The quantitative estimate of drug-likeness (QED) is 0.645. The third-order valence-corrected chi connectivity index (χ3v) is 4.12. The minimum atomic E-state index is -0.305. The van der Waals surface area contributed by atoms with Crippen molar-refractivity contribution in [2.45, 2.75) is 45.1 Å². The van der Waals surface area contributed by atoms with E-state index in [0.717, 1.165) is 25.7 Å². The average molecular weight is 290 g/mol. The molecule has 114 valence electrons.